The van der Waals surface area contributed by atoms with Crippen LogP contribution in [-0.2, 0) is 10.0 Å². The van der Waals surface area contributed by atoms with Gasteiger partial charge in [0, 0.05) is 6.42 Å². The van der Waals surface area contributed by atoms with Gasteiger partial charge < -0.3 is 4.74 Å². The molecule has 0 fully saturated rings. The van der Waals surface area contributed by atoms with Crippen LogP contribution in [0.15, 0.2) is 59.8 Å². The van der Waals surface area contributed by atoms with Crippen molar-refractivity contribution in [3.8, 4) is 5.75 Å². The highest BCUT2D eigenvalue weighted by atomic mass is 32.2. The number of ether oxygens (including phenoxy) is 1. The maximum absolute atomic E-state index is 12.3. The predicted molar refractivity (Wildman–Crippen MR) is 103 cm³/mol. The molecule has 0 spiro atoms. The maximum atomic E-state index is 12.3. The van der Waals surface area contributed by atoms with Gasteiger partial charge in [-0.05, 0) is 42.0 Å². The van der Waals surface area contributed by atoms with Gasteiger partial charge in [0.05, 0.1) is 42.0 Å². The summed E-state index contributed by atoms with van der Waals surface area (Å²) in [5.41, 5.74) is 3.60. The van der Waals surface area contributed by atoms with E-state index in [2.05, 4.69) is 15.1 Å². The minimum Gasteiger partial charge on any atom is -0.497 e. The molecule has 1 unspecified atom stereocenters. The topological polar surface area (TPSA) is 84.8 Å². The molecule has 0 saturated carbocycles. The summed E-state index contributed by atoms with van der Waals surface area (Å²) in [6.45, 7) is 0. The fraction of sp³-hybridized carbons (Fsp3) is 0.211. The van der Waals surface area contributed by atoms with E-state index in [1.54, 1.807) is 13.3 Å². The van der Waals surface area contributed by atoms with Gasteiger partial charge in [-0.3, -0.25) is 4.98 Å². The summed E-state index contributed by atoms with van der Waals surface area (Å²) in [6, 6.07) is 14.4. The Labute approximate surface area is 157 Å². The first-order chi connectivity index (χ1) is 13.0. The van der Waals surface area contributed by atoms with Gasteiger partial charge in [-0.25, -0.2) is 13.4 Å². The van der Waals surface area contributed by atoms with Crippen molar-refractivity contribution >= 4 is 26.8 Å². The minimum atomic E-state index is -3.55. The van der Waals surface area contributed by atoms with Crippen LogP contribution in [0.4, 0.5) is 0 Å². The first kappa shape index (κ1) is 17.4. The van der Waals surface area contributed by atoms with Crippen molar-refractivity contribution < 1.29 is 13.2 Å². The third kappa shape index (κ3) is 3.35. The molecule has 1 aliphatic rings. The normalized spacial score (nSPS) is 17.2. The lowest BCUT2D eigenvalue weighted by Gasteiger charge is -2.20. The molecule has 0 radical (unpaired) electrons. The van der Waals surface area contributed by atoms with Gasteiger partial charge in [0.1, 0.15) is 11.8 Å². The summed E-state index contributed by atoms with van der Waals surface area (Å²) in [5, 5.41) is 4.38. The number of rotatable bonds is 4. The third-order valence-corrected chi connectivity index (χ3v) is 5.46. The van der Waals surface area contributed by atoms with Crippen LogP contribution >= 0.6 is 0 Å². The summed E-state index contributed by atoms with van der Waals surface area (Å²) < 4.78 is 30.9. The van der Waals surface area contributed by atoms with Gasteiger partial charge in [-0.15, -0.1) is 0 Å². The van der Waals surface area contributed by atoms with E-state index in [1.807, 2.05) is 48.5 Å². The number of aromatic nitrogens is 2. The molecule has 0 saturated heterocycles. The Balaban J connectivity index is 1.73. The molecule has 0 aliphatic carbocycles. The van der Waals surface area contributed by atoms with Crippen LogP contribution in [0.2, 0.25) is 0 Å². The Hall–Kier alpha value is -3.00. The molecule has 3 aromatic rings. The fourth-order valence-corrected chi connectivity index (χ4v) is 4.00. The summed E-state index contributed by atoms with van der Waals surface area (Å²) in [6.07, 6.45) is 3.19. The SMILES string of the molecule is COc1ccc(C2=NN(S(C)(=O)=O)C(c3cnc4ccccc4n3)C2)cc1. The molecule has 2 heterocycles. The second kappa shape index (κ2) is 6.62. The number of para-hydroxylation sites is 2. The molecule has 27 heavy (non-hydrogen) atoms. The molecule has 0 amide bonds. The Morgan fingerprint density at radius 2 is 1.78 bits per heavy atom. The minimum absolute atomic E-state index is 0.423. The summed E-state index contributed by atoms with van der Waals surface area (Å²) >= 11 is 0. The standard InChI is InChI=1S/C19H18N4O3S/c1-26-14-9-7-13(8-10-14)17-11-19(23(22-17)27(2,24)25)18-12-20-15-5-3-4-6-16(15)21-18/h3-10,12,19H,11H2,1-2H3. The molecule has 1 atom stereocenters. The number of methoxy groups -OCH3 is 1. The van der Waals surface area contributed by atoms with Crippen LogP contribution in [0.3, 0.4) is 0 Å². The molecule has 0 N–H and O–H groups in total. The second-order valence-corrected chi connectivity index (χ2v) is 8.15. The molecule has 7 nitrogen and oxygen atoms in total. The highest BCUT2D eigenvalue weighted by Crippen LogP contribution is 2.34. The van der Waals surface area contributed by atoms with Crippen molar-refractivity contribution in [2.45, 2.75) is 12.5 Å². The second-order valence-electron chi connectivity index (χ2n) is 6.31. The maximum Gasteiger partial charge on any atom is 0.247 e. The monoisotopic (exact) mass is 382 g/mol. The van der Waals surface area contributed by atoms with Crippen LogP contribution in [0.25, 0.3) is 11.0 Å². The van der Waals surface area contributed by atoms with Crippen molar-refractivity contribution in [1.29, 1.82) is 0 Å². The summed E-state index contributed by atoms with van der Waals surface area (Å²) in [4.78, 5) is 9.03. The smallest absolute Gasteiger partial charge is 0.247 e. The van der Waals surface area contributed by atoms with Gasteiger partial charge in [0.25, 0.3) is 0 Å². The van der Waals surface area contributed by atoms with Gasteiger partial charge in [-0.1, -0.05) is 12.1 Å². The van der Waals surface area contributed by atoms with Crippen LogP contribution in [0, 0.1) is 0 Å². The Kier molecular flexibility index (Phi) is 4.27. The van der Waals surface area contributed by atoms with E-state index in [4.69, 9.17) is 4.74 Å². The van der Waals surface area contributed by atoms with Crippen molar-refractivity contribution in [1.82, 2.24) is 14.4 Å². The molecule has 1 aliphatic heterocycles. The number of nitrogens with zero attached hydrogens (tertiary/aromatic N) is 4. The van der Waals surface area contributed by atoms with Crippen molar-refractivity contribution in [2.24, 2.45) is 5.10 Å². The zero-order chi connectivity index (χ0) is 19.0. The van der Waals surface area contributed by atoms with Crippen LogP contribution < -0.4 is 4.74 Å². The molecule has 138 valence electrons. The van der Waals surface area contributed by atoms with Crippen LogP contribution in [0.1, 0.15) is 23.7 Å². The number of sulfonamides is 1. The van der Waals surface area contributed by atoms with Crippen molar-refractivity contribution in [3.63, 3.8) is 0 Å². The zero-order valence-electron chi connectivity index (χ0n) is 14.9. The van der Waals surface area contributed by atoms with Gasteiger partial charge in [-0.2, -0.15) is 9.52 Å². The highest BCUT2D eigenvalue weighted by molar-refractivity contribution is 7.88. The quantitative estimate of drug-likeness (QED) is 0.693. The van der Waals surface area contributed by atoms with E-state index < -0.39 is 16.1 Å². The summed E-state index contributed by atoms with van der Waals surface area (Å²) in [7, 11) is -1.95. The average molecular weight is 382 g/mol. The van der Waals surface area contributed by atoms with Gasteiger partial charge in [0.2, 0.25) is 10.0 Å². The van der Waals surface area contributed by atoms with E-state index in [9.17, 15) is 8.42 Å². The van der Waals surface area contributed by atoms with E-state index in [-0.39, 0.29) is 0 Å². The molecule has 4 rings (SSSR count). The molecule has 0 bridgehead atoms. The van der Waals surface area contributed by atoms with Crippen molar-refractivity contribution in [2.75, 3.05) is 13.4 Å². The number of hydrogen-bond donors (Lipinski definition) is 0. The number of benzene rings is 2. The van der Waals surface area contributed by atoms with Crippen molar-refractivity contribution in [3.05, 3.63) is 66.0 Å². The van der Waals surface area contributed by atoms with Crippen LogP contribution in [-0.4, -0.2) is 41.9 Å². The Morgan fingerprint density at radius 1 is 1.07 bits per heavy atom. The molecule has 2 aromatic carbocycles. The van der Waals surface area contributed by atoms with Gasteiger partial charge in [0.15, 0.2) is 0 Å². The molecular formula is C19H18N4O3S. The van der Waals surface area contributed by atoms with E-state index in [0.717, 1.165) is 33.0 Å². The van der Waals surface area contributed by atoms with E-state index in [1.165, 1.54) is 0 Å². The predicted octanol–water partition coefficient (Wildman–Crippen LogP) is 2.75. The number of hydrazone groups is 1. The lowest BCUT2D eigenvalue weighted by atomic mass is 10.0. The fourth-order valence-electron chi connectivity index (χ4n) is 3.10. The van der Waals surface area contributed by atoms with E-state index >= 15 is 0 Å². The number of hydrogen-bond acceptors (Lipinski definition) is 6. The first-order valence-electron chi connectivity index (χ1n) is 8.39. The Morgan fingerprint density at radius 3 is 2.44 bits per heavy atom. The molecule has 1 aromatic heterocycles. The molecule has 8 heteroatoms. The largest absolute Gasteiger partial charge is 0.497 e. The summed E-state index contributed by atoms with van der Waals surface area (Å²) in [5.74, 6) is 0.731. The first-order valence-corrected chi connectivity index (χ1v) is 10.2. The van der Waals surface area contributed by atoms with Gasteiger partial charge >= 0.3 is 0 Å². The third-order valence-electron chi connectivity index (χ3n) is 4.44. The zero-order valence-corrected chi connectivity index (χ0v) is 15.7. The van der Waals surface area contributed by atoms with E-state index in [0.29, 0.717) is 17.8 Å². The molecular weight excluding hydrogens is 364 g/mol. The average Bonchev–Trinajstić information content (AvgIpc) is 3.14. The highest BCUT2D eigenvalue weighted by Gasteiger charge is 2.35. The lowest BCUT2D eigenvalue weighted by Crippen LogP contribution is -2.26. The lowest BCUT2D eigenvalue weighted by molar-refractivity contribution is 0.368. The Bertz CT molecular complexity index is 1130. The number of fused-ring (bicyclic) bond motifs is 1. The van der Waals surface area contributed by atoms with Crippen LogP contribution in [0.5, 0.6) is 5.75 Å².